The molecule has 1 aromatic carbocycles. The van der Waals surface area contributed by atoms with Crippen molar-refractivity contribution in [2.24, 2.45) is 0 Å². The number of hydrogen-bond acceptors (Lipinski definition) is 6. The standard InChI is InChI=1S/C20H20N4O4/c1-12-5-3-4-6-14(12)18-23-16(17(25)20(27)24-18)19(26)22-10-8-13-7-9-21-11-15(13)28-2/h3-7,9,11,25H,8,10H2,1-2H3,(H,22,26)(H,23,24,27). The molecule has 0 atom stereocenters. The summed E-state index contributed by atoms with van der Waals surface area (Å²) in [6, 6.07) is 9.10. The minimum absolute atomic E-state index is 0.224. The van der Waals surface area contributed by atoms with Gasteiger partial charge in [0.15, 0.2) is 5.69 Å². The van der Waals surface area contributed by atoms with E-state index in [1.807, 2.05) is 19.1 Å². The van der Waals surface area contributed by atoms with Crippen LogP contribution in [0.25, 0.3) is 11.4 Å². The number of carbonyl (C=O) groups excluding carboxylic acids is 1. The van der Waals surface area contributed by atoms with E-state index >= 15 is 0 Å². The Balaban J connectivity index is 1.80. The molecule has 0 bridgehead atoms. The fraction of sp³-hybridized carbons (Fsp3) is 0.200. The summed E-state index contributed by atoms with van der Waals surface area (Å²) in [5, 5.41) is 12.7. The van der Waals surface area contributed by atoms with Crippen LogP contribution in [0.5, 0.6) is 11.5 Å². The van der Waals surface area contributed by atoms with Crippen molar-refractivity contribution in [2.75, 3.05) is 13.7 Å². The first-order valence-electron chi connectivity index (χ1n) is 8.65. The van der Waals surface area contributed by atoms with Crippen LogP contribution in [0.1, 0.15) is 21.6 Å². The molecule has 8 nitrogen and oxygen atoms in total. The maximum atomic E-state index is 12.5. The van der Waals surface area contributed by atoms with Gasteiger partial charge in [-0.3, -0.25) is 14.6 Å². The van der Waals surface area contributed by atoms with Crippen LogP contribution in [-0.2, 0) is 6.42 Å². The van der Waals surface area contributed by atoms with Crippen molar-refractivity contribution in [3.8, 4) is 22.9 Å². The first-order chi connectivity index (χ1) is 13.5. The highest BCUT2D eigenvalue weighted by molar-refractivity contribution is 5.95. The molecule has 8 heteroatoms. The Labute approximate surface area is 161 Å². The second-order valence-electron chi connectivity index (χ2n) is 6.12. The molecule has 3 N–H and O–H groups in total. The molecule has 0 saturated carbocycles. The second kappa shape index (κ2) is 8.34. The Kier molecular flexibility index (Phi) is 5.69. The Morgan fingerprint density at radius 2 is 2.07 bits per heavy atom. The molecule has 3 aromatic rings. The molecule has 2 heterocycles. The number of ether oxygens (including phenoxy) is 1. The predicted molar refractivity (Wildman–Crippen MR) is 104 cm³/mol. The van der Waals surface area contributed by atoms with Crippen LogP contribution in [0, 0.1) is 6.92 Å². The van der Waals surface area contributed by atoms with E-state index in [1.165, 1.54) is 0 Å². The topological polar surface area (TPSA) is 117 Å². The van der Waals surface area contributed by atoms with Gasteiger partial charge in [0.1, 0.15) is 11.6 Å². The highest BCUT2D eigenvalue weighted by Crippen LogP contribution is 2.20. The zero-order valence-corrected chi connectivity index (χ0v) is 15.5. The first kappa shape index (κ1) is 19.1. The number of benzene rings is 1. The summed E-state index contributed by atoms with van der Waals surface area (Å²) in [7, 11) is 1.55. The molecule has 0 saturated heterocycles. The lowest BCUT2D eigenvalue weighted by atomic mass is 10.1. The zero-order chi connectivity index (χ0) is 20.1. The van der Waals surface area contributed by atoms with E-state index in [0.29, 0.717) is 17.7 Å². The van der Waals surface area contributed by atoms with Gasteiger partial charge in [-0.15, -0.1) is 0 Å². The van der Waals surface area contributed by atoms with Crippen molar-refractivity contribution in [1.29, 1.82) is 0 Å². The minimum Gasteiger partial charge on any atom is -0.501 e. The van der Waals surface area contributed by atoms with Crippen LogP contribution in [0.15, 0.2) is 47.5 Å². The van der Waals surface area contributed by atoms with Crippen molar-refractivity contribution in [1.82, 2.24) is 20.3 Å². The quantitative estimate of drug-likeness (QED) is 0.601. The molecule has 0 fully saturated rings. The van der Waals surface area contributed by atoms with Gasteiger partial charge in [0.05, 0.1) is 13.3 Å². The molecule has 28 heavy (non-hydrogen) atoms. The largest absolute Gasteiger partial charge is 0.501 e. The predicted octanol–water partition coefficient (Wildman–Crippen LogP) is 1.83. The molecule has 0 aliphatic carbocycles. The average molecular weight is 380 g/mol. The number of nitrogens with zero attached hydrogens (tertiary/aromatic N) is 2. The van der Waals surface area contributed by atoms with Crippen molar-refractivity contribution in [2.45, 2.75) is 13.3 Å². The van der Waals surface area contributed by atoms with E-state index in [1.54, 1.807) is 37.7 Å². The van der Waals surface area contributed by atoms with E-state index in [4.69, 9.17) is 4.74 Å². The van der Waals surface area contributed by atoms with Gasteiger partial charge in [-0.25, -0.2) is 4.98 Å². The number of aromatic nitrogens is 3. The van der Waals surface area contributed by atoms with Crippen molar-refractivity contribution in [3.05, 3.63) is 69.9 Å². The Morgan fingerprint density at radius 1 is 1.29 bits per heavy atom. The van der Waals surface area contributed by atoms with E-state index in [9.17, 15) is 14.7 Å². The van der Waals surface area contributed by atoms with Crippen LogP contribution in [0.2, 0.25) is 0 Å². The fourth-order valence-corrected chi connectivity index (χ4v) is 2.78. The first-order valence-corrected chi connectivity index (χ1v) is 8.65. The summed E-state index contributed by atoms with van der Waals surface area (Å²) in [5.41, 5.74) is 1.35. The molecular formula is C20H20N4O4. The number of amides is 1. The number of carbonyl (C=O) groups is 1. The Hall–Kier alpha value is -3.68. The zero-order valence-electron chi connectivity index (χ0n) is 15.5. The fourth-order valence-electron chi connectivity index (χ4n) is 2.78. The Morgan fingerprint density at radius 3 is 2.82 bits per heavy atom. The summed E-state index contributed by atoms with van der Waals surface area (Å²) < 4.78 is 5.23. The van der Waals surface area contributed by atoms with Gasteiger partial charge >= 0.3 is 0 Å². The second-order valence-corrected chi connectivity index (χ2v) is 6.12. The molecule has 144 valence electrons. The molecular weight excluding hydrogens is 360 g/mol. The molecule has 1 amide bonds. The molecule has 0 aliphatic heterocycles. The number of aromatic hydroxyl groups is 1. The maximum Gasteiger partial charge on any atom is 0.294 e. The lowest BCUT2D eigenvalue weighted by Crippen LogP contribution is -2.28. The number of nitrogens with one attached hydrogen (secondary N) is 2. The molecule has 2 aromatic heterocycles. The number of hydrogen-bond donors (Lipinski definition) is 3. The van der Waals surface area contributed by atoms with Crippen LogP contribution in [-0.4, -0.2) is 39.6 Å². The van der Waals surface area contributed by atoms with E-state index in [2.05, 4.69) is 20.3 Å². The third-order valence-electron chi connectivity index (χ3n) is 4.28. The monoisotopic (exact) mass is 380 g/mol. The van der Waals surface area contributed by atoms with Gasteiger partial charge in [0, 0.05) is 18.3 Å². The molecule has 0 unspecified atom stereocenters. The maximum absolute atomic E-state index is 12.5. The van der Waals surface area contributed by atoms with Gasteiger partial charge in [0.25, 0.3) is 11.5 Å². The van der Waals surface area contributed by atoms with Gasteiger partial charge < -0.3 is 20.1 Å². The Bertz CT molecular complexity index is 1060. The lowest BCUT2D eigenvalue weighted by molar-refractivity contribution is 0.0945. The molecule has 0 radical (unpaired) electrons. The van der Waals surface area contributed by atoms with E-state index in [0.717, 1.165) is 11.1 Å². The summed E-state index contributed by atoms with van der Waals surface area (Å²) in [5.74, 6) is -0.500. The molecule has 3 rings (SSSR count). The van der Waals surface area contributed by atoms with Crippen LogP contribution >= 0.6 is 0 Å². The number of H-pyrrole nitrogens is 1. The van der Waals surface area contributed by atoms with Gasteiger partial charge in [0.2, 0.25) is 5.75 Å². The van der Waals surface area contributed by atoms with Crippen LogP contribution in [0.4, 0.5) is 0 Å². The lowest BCUT2D eigenvalue weighted by Gasteiger charge is -2.10. The molecule has 0 aliphatic rings. The van der Waals surface area contributed by atoms with Crippen molar-refractivity contribution >= 4 is 5.91 Å². The number of pyridine rings is 1. The van der Waals surface area contributed by atoms with E-state index < -0.39 is 17.2 Å². The smallest absolute Gasteiger partial charge is 0.294 e. The van der Waals surface area contributed by atoms with Gasteiger partial charge in [-0.1, -0.05) is 24.3 Å². The third kappa shape index (κ3) is 4.01. The normalized spacial score (nSPS) is 10.5. The van der Waals surface area contributed by atoms with Gasteiger partial charge in [-0.05, 0) is 30.5 Å². The number of methoxy groups -OCH3 is 1. The third-order valence-corrected chi connectivity index (χ3v) is 4.28. The summed E-state index contributed by atoms with van der Waals surface area (Å²) >= 11 is 0. The molecule has 0 spiro atoms. The number of aryl methyl sites for hydroxylation is 1. The van der Waals surface area contributed by atoms with Crippen molar-refractivity contribution in [3.63, 3.8) is 0 Å². The average Bonchev–Trinajstić information content (AvgIpc) is 2.70. The highest BCUT2D eigenvalue weighted by Gasteiger charge is 2.19. The minimum atomic E-state index is -0.769. The number of aromatic amines is 1. The summed E-state index contributed by atoms with van der Waals surface area (Å²) in [6.45, 7) is 2.14. The van der Waals surface area contributed by atoms with E-state index in [-0.39, 0.29) is 18.1 Å². The SMILES string of the molecule is COc1cnccc1CCNC(=O)c1nc(-c2ccccc2C)[nH]c(=O)c1O. The summed E-state index contributed by atoms with van der Waals surface area (Å²) in [4.78, 5) is 35.2. The number of rotatable bonds is 6. The highest BCUT2D eigenvalue weighted by atomic mass is 16.5. The summed E-state index contributed by atoms with van der Waals surface area (Å²) in [6.07, 6.45) is 3.72. The van der Waals surface area contributed by atoms with Gasteiger partial charge in [-0.2, -0.15) is 0 Å². The van der Waals surface area contributed by atoms with Crippen LogP contribution < -0.4 is 15.6 Å². The van der Waals surface area contributed by atoms with Crippen molar-refractivity contribution < 1.29 is 14.6 Å². The van der Waals surface area contributed by atoms with Crippen LogP contribution in [0.3, 0.4) is 0 Å².